The Morgan fingerprint density at radius 2 is 2.11 bits per heavy atom. The van der Waals surface area contributed by atoms with E-state index in [0.717, 1.165) is 6.42 Å². The molecule has 0 aliphatic carbocycles. The highest BCUT2D eigenvalue weighted by Crippen LogP contribution is 2.26. The molecule has 0 radical (unpaired) electrons. The summed E-state index contributed by atoms with van der Waals surface area (Å²) in [6.45, 7) is 10.5. The van der Waals surface area contributed by atoms with E-state index in [-0.39, 0.29) is 30.4 Å². The topological polar surface area (TPSA) is 59.0 Å². The number of ether oxygens (including phenoxy) is 1. The van der Waals surface area contributed by atoms with Crippen LogP contribution < -0.4 is 0 Å². The van der Waals surface area contributed by atoms with Gasteiger partial charge in [-0.15, -0.1) is 0 Å². The van der Waals surface area contributed by atoms with E-state index in [0.29, 0.717) is 13.0 Å². The lowest BCUT2D eigenvalue weighted by atomic mass is 10.1. The average Bonchev–Trinajstić information content (AvgIpc) is 2.57. The molecule has 1 amide bonds. The first kappa shape index (κ1) is 16.6. The molecule has 1 unspecified atom stereocenters. The Morgan fingerprint density at radius 1 is 1.47 bits per heavy atom. The van der Waals surface area contributed by atoms with Gasteiger partial charge in [-0.3, -0.25) is 4.79 Å². The molecule has 0 bridgehead atoms. The van der Waals surface area contributed by atoms with Crippen LogP contribution in [0.3, 0.4) is 0 Å². The molecule has 2 atom stereocenters. The minimum atomic E-state index is -1.27. The molecule has 0 spiro atoms. The van der Waals surface area contributed by atoms with Crippen molar-refractivity contribution in [2.24, 2.45) is 0 Å². The molecule has 1 aliphatic heterocycles. The molecule has 0 aromatic rings. The van der Waals surface area contributed by atoms with Gasteiger partial charge in [-0.25, -0.2) is 0 Å². The first-order valence-corrected chi connectivity index (χ1v) is 9.76. The number of aliphatic hydroxyl groups is 1. The Morgan fingerprint density at radius 3 is 2.58 bits per heavy atom. The number of carbonyl (C=O) groups excluding carboxylic acids is 1. The third-order valence-corrected chi connectivity index (χ3v) is 3.72. The van der Waals surface area contributed by atoms with E-state index in [1.54, 1.807) is 4.90 Å². The standard InChI is InChI=1S/C13H27NO4Si/c1-13(2,3)17-12(18-19(4)5)10-6-7-11(16)14(10)8-9-15/h10,12,15,19H,6-9H2,1-5H3/t10-,12?/m1/s1. The number of nitrogens with zero attached hydrogens (tertiary/aromatic N) is 1. The third-order valence-electron chi connectivity index (χ3n) is 2.91. The smallest absolute Gasteiger partial charge is 0.223 e. The average molecular weight is 289 g/mol. The molecule has 1 aliphatic rings. The molecule has 19 heavy (non-hydrogen) atoms. The van der Waals surface area contributed by atoms with Gasteiger partial charge in [0, 0.05) is 13.0 Å². The van der Waals surface area contributed by atoms with Crippen molar-refractivity contribution in [2.45, 2.75) is 64.6 Å². The maximum atomic E-state index is 11.8. The normalized spacial score (nSPS) is 22.4. The predicted molar refractivity (Wildman–Crippen MR) is 76.4 cm³/mol. The van der Waals surface area contributed by atoms with Crippen LogP contribution in [0, 0.1) is 0 Å². The summed E-state index contributed by atoms with van der Waals surface area (Å²) in [5, 5.41) is 9.09. The molecule has 1 rings (SSSR count). The maximum absolute atomic E-state index is 11.8. The van der Waals surface area contributed by atoms with Crippen LogP contribution in [0.2, 0.25) is 13.1 Å². The van der Waals surface area contributed by atoms with E-state index < -0.39 is 9.04 Å². The molecule has 5 nitrogen and oxygen atoms in total. The zero-order chi connectivity index (χ0) is 14.6. The third kappa shape index (κ3) is 5.22. The van der Waals surface area contributed by atoms with Crippen LogP contribution in [0.15, 0.2) is 0 Å². The highest BCUT2D eigenvalue weighted by molar-refractivity contribution is 6.48. The van der Waals surface area contributed by atoms with Crippen LogP contribution in [0.5, 0.6) is 0 Å². The fraction of sp³-hybridized carbons (Fsp3) is 0.923. The fourth-order valence-electron chi connectivity index (χ4n) is 2.25. The highest BCUT2D eigenvalue weighted by Gasteiger charge is 2.39. The van der Waals surface area contributed by atoms with Crippen molar-refractivity contribution in [1.82, 2.24) is 4.90 Å². The van der Waals surface area contributed by atoms with Gasteiger partial charge in [0.15, 0.2) is 15.3 Å². The number of rotatable bonds is 6. The van der Waals surface area contributed by atoms with Crippen LogP contribution in [0.1, 0.15) is 33.6 Å². The lowest BCUT2D eigenvalue weighted by molar-refractivity contribution is -0.183. The Balaban J connectivity index is 2.80. The maximum Gasteiger partial charge on any atom is 0.223 e. The Kier molecular flexibility index (Phi) is 5.98. The lowest BCUT2D eigenvalue weighted by Crippen LogP contribution is -2.48. The van der Waals surface area contributed by atoms with Crippen LogP contribution in [0.4, 0.5) is 0 Å². The van der Waals surface area contributed by atoms with Gasteiger partial charge in [-0.2, -0.15) is 0 Å². The summed E-state index contributed by atoms with van der Waals surface area (Å²) in [5.41, 5.74) is -0.315. The van der Waals surface area contributed by atoms with E-state index in [9.17, 15) is 4.79 Å². The van der Waals surface area contributed by atoms with E-state index in [1.807, 2.05) is 20.8 Å². The van der Waals surface area contributed by atoms with Crippen molar-refractivity contribution < 1.29 is 19.1 Å². The number of carbonyl (C=O) groups is 1. The van der Waals surface area contributed by atoms with Crippen LogP contribution >= 0.6 is 0 Å². The van der Waals surface area contributed by atoms with Gasteiger partial charge in [0.2, 0.25) is 5.91 Å². The quantitative estimate of drug-likeness (QED) is 0.588. The summed E-state index contributed by atoms with van der Waals surface area (Å²) in [6.07, 6.45) is 0.864. The van der Waals surface area contributed by atoms with Crippen molar-refractivity contribution in [3.05, 3.63) is 0 Å². The summed E-state index contributed by atoms with van der Waals surface area (Å²) in [6, 6.07) is -0.0752. The van der Waals surface area contributed by atoms with Crippen LogP contribution in [0.25, 0.3) is 0 Å². The summed E-state index contributed by atoms with van der Waals surface area (Å²) in [4.78, 5) is 13.5. The first-order chi connectivity index (χ1) is 8.74. The number of β-amino-alcohol motifs (C(OH)–C–C–N with tert-alkyl or cyclic N) is 1. The van der Waals surface area contributed by atoms with Crippen molar-refractivity contribution in [1.29, 1.82) is 0 Å². The first-order valence-electron chi connectivity index (χ1n) is 6.98. The van der Waals surface area contributed by atoms with E-state index in [1.165, 1.54) is 0 Å². The summed E-state index contributed by atoms with van der Waals surface area (Å²) in [5.74, 6) is 0.0792. The second kappa shape index (κ2) is 6.83. The number of amides is 1. The van der Waals surface area contributed by atoms with Crippen molar-refractivity contribution in [3.63, 3.8) is 0 Å². The second-order valence-electron chi connectivity index (χ2n) is 6.20. The highest BCUT2D eigenvalue weighted by atomic mass is 28.3. The van der Waals surface area contributed by atoms with Crippen molar-refractivity contribution >= 4 is 14.9 Å². The minimum Gasteiger partial charge on any atom is -0.395 e. The Bertz CT molecular complexity index is 304. The molecular formula is C13H27NO4Si. The number of aliphatic hydroxyl groups excluding tert-OH is 1. The Labute approximate surface area is 117 Å². The van der Waals surface area contributed by atoms with Gasteiger partial charge < -0.3 is 19.2 Å². The SMILES string of the molecule is C[SiH](C)OC(OC(C)(C)C)[C@H]1CCC(=O)N1CCO. The second-order valence-corrected chi connectivity index (χ2v) is 8.57. The Hall–Kier alpha value is -0.433. The summed E-state index contributed by atoms with van der Waals surface area (Å²) >= 11 is 0. The number of likely N-dealkylation sites (tertiary alicyclic amines) is 1. The monoisotopic (exact) mass is 289 g/mol. The molecule has 0 aromatic carbocycles. The van der Waals surface area contributed by atoms with Gasteiger partial charge in [0.1, 0.15) is 0 Å². The van der Waals surface area contributed by atoms with E-state index in [4.69, 9.17) is 14.3 Å². The zero-order valence-corrected chi connectivity index (χ0v) is 13.8. The predicted octanol–water partition coefficient (Wildman–Crippen LogP) is 1.11. The molecular weight excluding hydrogens is 262 g/mol. The zero-order valence-electron chi connectivity index (χ0n) is 12.7. The van der Waals surface area contributed by atoms with Gasteiger partial charge >= 0.3 is 0 Å². The van der Waals surface area contributed by atoms with E-state index in [2.05, 4.69) is 13.1 Å². The molecule has 1 fully saturated rings. The van der Waals surface area contributed by atoms with Gasteiger partial charge in [-0.1, -0.05) is 0 Å². The van der Waals surface area contributed by atoms with Crippen molar-refractivity contribution in [3.8, 4) is 0 Å². The lowest BCUT2D eigenvalue weighted by Gasteiger charge is -2.36. The van der Waals surface area contributed by atoms with Gasteiger partial charge in [0.05, 0.1) is 18.2 Å². The summed E-state index contributed by atoms with van der Waals surface area (Å²) < 4.78 is 12.0. The van der Waals surface area contributed by atoms with Crippen molar-refractivity contribution in [2.75, 3.05) is 13.2 Å². The van der Waals surface area contributed by atoms with Gasteiger partial charge in [0.25, 0.3) is 0 Å². The number of hydrogen-bond acceptors (Lipinski definition) is 4. The largest absolute Gasteiger partial charge is 0.395 e. The fourth-order valence-corrected chi connectivity index (χ4v) is 3.02. The molecule has 6 heteroatoms. The molecule has 1 saturated heterocycles. The molecule has 0 saturated carbocycles. The number of hydrogen-bond donors (Lipinski definition) is 1. The minimum absolute atomic E-state index is 0.0242. The molecule has 1 N–H and O–H groups in total. The van der Waals surface area contributed by atoms with Gasteiger partial charge in [-0.05, 0) is 40.3 Å². The molecule has 0 aromatic heterocycles. The summed E-state index contributed by atoms with van der Waals surface area (Å²) in [7, 11) is -1.27. The van der Waals surface area contributed by atoms with Crippen LogP contribution in [-0.4, -0.2) is 56.0 Å². The van der Waals surface area contributed by atoms with E-state index >= 15 is 0 Å². The molecule has 1 heterocycles. The van der Waals surface area contributed by atoms with Crippen LogP contribution in [-0.2, 0) is 14.0 Å². The molecule has 112 valence electrons.